The first-order valence-electron chi connectivity index (χ1n) is 8.25. The Kier molecular flexibility index (Phi) is 7.28. The van der Waals surface area contributed by atoms with Crippen molar-refractivity contribution in [3.8, 4) is 0 Å². The van der Waals surface area contributed by atoms with Gasteiger partial charge in [-0.25, -0.2) is 0 Å². The predicted molar refractivity (Wildman–Crippen MR) is 109 cm³/mol. The second kappa shape index (κ2) is 9.44. The fourth-order valence-corrected chi connectivity index (χ4v) is 2.78. The van der Waals surface area contributed by atoms with Gasteiger partial charge in [-0.15, -0.1) is 24.0 Å². The Labute approximate surface area is 173 Å². The van der Waals surface area contributed by atoms with Crippen LogP contribution in [0.3, 0.4) is 0 Å². The number of carbonyl (C=O) groups excluding carboxylic acids is 2. The Morgan fingerprint density at radius 3 is 2.41 bits per heavy atom. The van der Waals surface area contributed by atoms with Crippen LogP contribution in [-0.4, -0.2) is 60.8 Å². The van der Waals surface area contributed by atoms with E-state index < -0.39 is 5.91 Å². The lowest BCUT2D eigenvalue weighted by atomic mass is 10.3. The summed E-state index contributed by atoms with van der Waals surface area (Å²) in [7, 11) is 1.69. The molecule has 0 aromatic carbocycles. The Morgan fingerprint density at radius 1 is 1.15 bits per heavy atom. The molecule has 2 aromatic heterocycles. The number of guanidine groups is 1. The van der Waals surface area contributed by atoms with Gasteiger partial charge in [-0.2, -0.15) is 0 Å². The number of aliphatic imine (C=N–C) groups is 1. The maximum atomic E-state index is 12.3. The quantitative estimate of drug-likeness (QED) is 0.380. The average molecular weight is 487 g/mol. The molecule has 1 aliphatic rings. The zero-order valence-corrected chi connectivity index (χ0v) is 17.2. The molecule has 0 radical (unpaired) electrons. The third-order valence-corrected chi connectivity index (χ3v) is 4.14. The SMILES string of the molecule is CN=C(NCc1ccc(C(N)=O)o1)N1CCN(C(=O)c2ccco2)CC1.I. The lowest BCUT2D eigenvalue weighted by Gasteiger charge is -2.36. The molecule has 0 aliphatic carbocycles. The highest BCUT2D eigenvalue weighted by Crippen LogP contribution is 2.10. The van der Waals surface area contributed by atoms with Crippen molar-refractivity contribution in [1.29, 1.82) is 0 Å². The minimum absolute atomic E-state index is 0. The molecule has 0 atom stereocenters. The second-order valence-electron chi connectivity index (χ2n) is 5.79. The molecule has 0 saturated carbocycles. The maximum Gasteiger partial charge on any atom is 0.289 e. The van der Waals surface area contributed by atoms with E-state index in [-0.39, 0.29) is 35.6 Å². The highest BCUT2D eigenvalue weighted by Gasteiger charge is 2.25. The van der Waals surface area contributed by atoms with E-state index in [9.17, 15) is 9.59 Å². The van der Waals surface area contributed by atoms with Gasteiger partial charge in [0.25, 0.3) is 11.8 Å². The number of piperazine rings is 1. The van der Waals surface area contributed by atoms with Crippen molar-refractivity contribution < 1.29 is 18.4 Å². The molecule has 1 aliphatic heterocycles. The van der Waals surface area contributed by atoms with E-state index in [2.05, 4.69) is 15.2 Å². The van der Waals surface area contributed by atoms with Crippen LogP contribution < -0.4 is 11.1 Å². The minimum atomic E-state index is -0.599. The molecule has 2 aromatic rings. The summed E-state index contributed by atoms with van der Waals surface area (Å²) in [6, 6.07) is 6.61. The van der Waals surface area contributed by atoms with Crippen molar-refractivity contribution in [2.45, 2.75) is 6.54 Å². The summed E-state index contributed by atoms with van der Waals surface area (Å²) >= 11 is 0. The van der Waals surface area contributed by atoms with Gasteiger partial charge in [-0.05, 0) is 24.3 Å². The molecule has 27 heavy (non-hydrogen) atoms. The number of amides is 2. The monoisotopic (exact) mass is 487 g/mol. The van der Waals surface area contributed by atoms with E-state index in [0.29, 0.717) is 50.2 Å². The number of primary amides is 1. The molecule has 10 heteroatoms. The number of halogens is 1. The molecule has 1 saturated heterocycles. The van der Waals surface area contributed by atoms with E-state index >= 15 is 0 Å². The van der Waals surface area contributed by atoms with Crippen molar-refractivity contribution in [3.63, 3.8) is 0 Å². The molecule has 0 bridgehead atoms. The fraction of sp³-hybridized carbons (Fsp3) is 0.353. The first-order valence-corrected chi connectivity index (χ1v) is 8.25. The highest BCUT2D eigenvalue weighted by atomic mass is 127. The van der Waals surface area contributed by atoms with Crippen LogP contribution in [0, 0.1) is 0 Å². The maximum absolute atomic E-state index is 12.3. The van der Waals surface area contributed by atoms with E-state index in [4.69, 9.17) is 14.6 Å². The van der Waals surface area contributed by atoms with Gasteiger partial charge in [0, 0.05) is 33.2 Å². The number of nitrogens with two attached hydrogens (primary N) is 1. The molecule has 3 rings (SSSR count). The smallest absolute Gasteiger partial charge is 0.289 e. The first-order chi connectivity index (χ1) is 12.6. The Balaban J connectivity index is 0.00000261. The molecule has 0 spiro atoms. The molecule has 146 valence electrons. The number of nitrogens with one attached hydrogen (secondary N) is 1. The summed E-state index contributed by atoms with van der Waals surface area (Å²) < 4.78 is 10.5. The van der Waals surface area contributed by atoms with E-state index in [1.807, 2.05) is 0 Å². The van der Waals surface area contributed by atoms with E-state index in [1.54, 1.807) is 36.2 Å². The molecule has 1 fully saturated rings. The minimum Gasteiger partial charge on any atom is -0.459 e. The van der Waals surface area contributed by atoms with Crippen molar-refractivity contribution in [2.24, 2.45) is 10.7 Å². The van der Waals surface area contributed by atoms with Crippen molar-refractivity contribution >= 4 is 41.8 Å². The van der Waals surface area contributed by atoms with Crippen LogP contribution in [0.4, 0.5) is 0 Å². The van der Waals surface area contributed by atoms with Gasteiger partial charge in [0.05, 0.1) is 12.8 Å². The number of nitrogens with zero attached hydrogens (tertiary/aromatic N) is 3. The van der Waals surface area contributed by atoms with Gasteiger partial charge in [0.15, 0.2) is 17.5 Å². The summed E-state index contributed by atoms with van der Waals surface area (Å²) in [5.74, 6) is 1.06. The molecular weight excluding hydrogens is 465 g/mol. The Bertz CT molecular complexity index is 794. The summed E-state index contributed by atoms with van der Waals surface area (Å²) in [6.07, 6.45) is 1.49. The standard InChI is InChI=1S/C17H21N5O4.HI/c1-19-17(20-11-12-4-5-13(26-12)15(18)23)22-8-6-21(7-9-22)16(24)14-3-2-10-25-14;/h2-5,10H,6-9,11H2,1H3,(H2,18,23)(H,19,20);1H. The van der Waals surface area contributed by atoms with Crippen LogP contribution in [0.25, 0.3) is 0 Å². The number of rotatable bonds is 4. The molecule has 2 amide bonds. The third kappa shape index (κ3) is 5.02. The number of hydrogen-bond acceptors (Lipinski definition) is 5. The molecule has 3 heterocycles. The zero-order valence-electron chi connectivity index (χ0n) is 14.9. The number of carbonyl (C=O) groups is 2. The van der Waals surface area contributed by atoms with Gasteiger partial charge in [-0.3, -0.25) is 14.6 Å². The van der Waals surface area contributed by atoms with Crippen LogP contribution in [-0.2, 0) is 6.54 Å². The summed E-state index contributed by atoms with van der Waals surface area (Å²) in [4.78, 5) is 31.4. The summed E-state index contributed by atoms with van der Waals surface area (Å²) in [5.41, 5.74) is 5.17. The second-order valence-corrected chi connectivity index (χ2v) is 5.79. The van der Waals surface area contributed by atoms with Crippen LogP contribution in [0.5, 0.6) is 0 Å². The summed E-state index contributed by atoms with van der Waals surface area (Å²) in [5, 5.41) is 3.19. The van der Waals surface area contributed by atoms with Gasteiger partial charge in [0.2, 0.25) is 0 Å². The molecule has 3 N–H and O–H groups in total. The van der Waals surface area contributed by atoms with Crippen molar-refractivity contribution in [1.82, 2.24) is 15.1 Å². The van der Waals surface area contributed by atoms with Crippen molar-refractivity contribution in [2.75, 3.05) is 33.2 Å². The molecule has 9 nitrogen and oxygen atoms in total. The van der Waals surface area contributed by atoms with Gasteiger partial charge in [-0.1, -0.05) is 0 Å². The molecule has 0 unspecified atom stereocenters. The number of hydrogen-bond donors (Lipinski definition) is 2. The van der Waals surface area contributed by atoms with Crippen LogP contribution >= 0.6 is 24.0 Å². The van der Waals surface area contributed by atoms with Crippen molar-refractivity contribution in [3.05, 3.63) is 47.8 Å². The van der Waals surface area contributed by atoms with Crippen LogP contribution in [0.15, 0.2) is 44.4 Å². The summed E-state index contributed by atoms with van der Waals surface area (Å²) in [6.45, 7) is 2.83. The Morgan fingerprint density at radius 2 is 1.85 bits per heavy atom. The normalized spacial score (nSPS) is 14.6. The largest absolute Gasteiger partial charge is 0.459 e. The van der Waals surface area contributed by atoms with Gasteiger partial charge >= 0.3 is 0 Å². The lowest BCUT2D eigenvalue weighted by Crippen LogP contribution is -2.53. The van der Waals surface area contributed by atoms with Gasteiger partial charge < -0.3 is 29.7 Å². The number of furan rings is 2. The van der Waals surface area contributed by atoms with Gasteiger partial charge in [0.1, 0.15) is 5.76 Å². The van der Waals surface area contributed by atoms with E-state index in [1.165, 1.54) is 6.26 Å². The van der Waals surface area contributed by atoms with Crippen LogP contribution in [0.1, 0.15) is 26.9 Å². The lowest BCUT2D eigenvalue weighted by molar-refractivity contribution is 0.0657. The topological polar surface area (TPSA) is 117 Å². The van der Waals surface area contributed by atoms with E-state index in [0.717, 1.165) is 0 Å². The Hall–Kier alpha value is -2.50. The fourth-order valence-electron chi connectivity index (χ4n) is 2.78. The van der Waals surface area contributed by atoms with Crippen LogP contribution in [0.2, 0.25) is 0 Å². The third-order valence-electron chi connectivity index (χ3n) is 4.14. The predicted octanol–water partition coefficient (Wildman–Crippen LogP) is 1.12. The average Bonchev–Trinajstić information content (AvgIpc) is 3.34. The zero-order chi connectivity index (χ0) is 18.5. The highest BCUT2D eigenvalue weighted by molar-refractivity contribution is 14.0. The first kappa shape index (κ1) is 20.8. The molecular formula is C17H22IN5O4.